The summed E-state index contributed by atoms with van der Waals surface area (Å²) in [6, 6.07) is 6.22. The quantitative estimate of drug-likeness (QED) is 0.329. The molecule has 47 heavy (non-hydrogen) atoms. The van der Waals surface area contributed by atoms with E-state index in [1.165, 1.54) is 0 Å². The van der Waals surface area contributed by atoms with E-state index < -0.39 is 36.4 Å². The summed E-state index contributed by atoms with van der Waals surface area (Å²) >= 11 is 0. The van der Waals surface area contributed by atoms with Crippen LogP contribution in [-0.2, 0) is 25.7 Å². The highest BCUT2D eigenvalue weighted by molar-refractivity contribution is 5.73. The molecule has 0 unspecified atom stereocenters. The van der Waals surface area contributed by atoms with Crippen LogP contribution in [-0.4, -0.2) is 110 Å². The Balaban J connectivity index is 0.000000430. The second-order valence-corrected chi connectivity index (χ2v) is 9.48. The fraction of sp³-hybridized carbons (Fsp3) is 0.520. The van der Waals surface area contributed by atoms with Crippen LogP contribution < -0.4 is 10.1 Å². The van der Waals surface area contributed by atoms with Crippen molar-refractivity contribution in [2.24, 2.45) is 0 Å². The summed E-state index contributed by atoms with van der Waals surface area (Å²) in [7, 11) is 1.67. The number of ether oxygens (including phenoxy) is 2. The second kappa shape index (κ2) is 17.4. The summed E-state index contributed by atoms with van der Waals surface area (Å²) in [6.07, 6.45) is -6.95. The normalized spacial score (nSPS) is 19.5. The largest absolute Gasteiger partial charge is 0.490 e. The lowest BCUT2D eigenvalue weighted by atomic mass is 9.89. The summed E-state index contributed by atoms with van der Waals surface area (Å²) in [5.41, 5.74) is 1.04. The monoisotopic (exact) mass is 697 g/mol. The zero-order valence-electron chi connectivity index (χ0n) is 24.1. The number of hydrogen-bond acceptors (Lipinski definition) is 10. The van der Waals surface area contributed by atoms with Gasteiger partial charge in [-0.3, -0.25) is 4.90 Å². The van der Waals surface area contributed by atoms with Crippen LogP contribution in [0.1, 0.15) is 24.8 Å². The van der Waals surface area contributed by atoms with E-state index in [0.29, 0.717) is 17.9 Å². The van der Waals surface area contributed by atoms with Gasteiger partial charge in [0.1, 0.15) is 0 Å². The van der Waals surface area contributed by atoms with Gasteiger partial charge in [-0.1, -0.05) is 6.07 Å². The predicted molar refractivity (Wildman–Crippen MR) is 139 cm³/mol. The fourth-order valence-electron chi connectivity index (χ4n) is 4.02. The topological polar surface area (TPSA) is 184 Å². The van der Waals surface area contributed by atoms with Crippen LogP contribution in [0.15, 0.2) is 36.8 Å². The van der Waals surface area contributed by atoms with Crippen LogP contribution in [0, 0.1) is 0 Å². The van der Waals surface area contributed by atoms with Crippen molar-refractivity contribution in [2.45, 2.75) is 56.0 Å². The third kappa shape index (κ3) is 15.1. The maximum atomic E-state index is 10.6. The summed E-state index contributed by atoms with van der Waals surface area (Å²) in [5, 5.41) is 24.8. The molecule has 4 N–H and O–H groups in total. The molecule has 2 saturated heterocycles. The Labute approximate surface area is 259 Å². The van der Waals surface area contributed by atoms with Crippen molar-refractivity contribution in [1.82, 2.24) is 19.9 Å². The van der Waals surface area contributed by atoms with Crippen molar-refractivity contribution < 1.29 is 78.7 Å². The maximum Gasteiger partial charge on any atom is 0.490 e. The third-order valence-electron chi connectivity index (χ3n) is 5.95. The number of anilines is 1. The van der Waals surface area contributed by atoms with Crippen LogP contribution in [0.4, 0.5) is 45.5 Å². The smallest absolute Gasteiger partial charge is 0.481 e. The number of likely N-dealkylation sites (tertiary alicyclic amines) is 1. The number of carboxylic acids is 3. The van der Waals surface area contributed by atoms with Gasteiger partial charge in [0, 0.05) is 56.4 Å². The number of methoxy groups -OCH3 is 1. The minimum absolute atomic E-state index is 0.0832. The first-order valence-corrected chi connectivity index (χ1v) is 12.9. The number of nitrogens with zero attached hydrogens (tertiary/aromatic N) is 4. The van der Waals surface area contributed by atoms with E-state index in [0.717, 1.165) is 51.1 Å². The maximum absolute atomic E-state index is 10.6. The van der Waals surface area contributed by atoms with Crippen LogP contribution in [0.3, 0.4) is 0 Å². The van der Waals surface area contributed by atoms with Crippen LogP contribution in [0.2, 0.25) is 0 Å². The van der Waals surface area contributed by atoms with Gasteiger partial charge < -0.3 is 30.1 Å². The van der Waals surface area contributed by atoms with E-state index in [9.17, 15) is 39.5 Å². The van der Waals surface area contributed by atoms with Crippen LogP contribution >= 0.6 is 0 Å². The predicted octanol–water partition coefficient (Wildman–Crippen LogP) is 4.02. The van der Waals surface area contributed by atoms with Crippen molar-refractivity contribution in [1.29, 1.82) is 0 Å². The van der Waals surface area contributed by atoms with Crippen molar-refractivity contribution in [3.05, 3.63) is 42.4 Å². The van der Waals surface area contributed by atoms with Crippen molar-refractivity contribution in [3.63, 3.8) is 0 Å². The van der Waals surface area contributed by atoms with Gasteiger partial charge in [-0.15, -0.1) is 0 Å². The molecule has 2 aliphatic rings. The van der Waals surface area contributed by atoms with Crippen LogP contribution in [0.5, 0.6) is 5.88 Å². The van der Waals surface area contributed by atoms with Gasteiger partial charge in [-0.2, -0.15) is 39.5 Å². The Kier molecular flexibility index (Phi) is 15.1. The number of carbonyl (C=O) groups is 3. The molecule has 0 aliphatic carbocycles. The highest BCUT2D eigenvalue weighted by Gasteiger charge is 2.43. The average Bonchev–Trinajstić information content (AvgIpc) is 3.34. The molecule has 2 fully saturated rings. The van der Waals surface area contributed by atoms with E-state index in [2.05, 4.69) is 31.2 Å². The molecule has 2 aromatic rings. The number of aliphatic carboxylic acids is 3. The molecule has 22 heteroatoms. The Hall–Kier alpha value is -4.47. The first-order chi connectivity index (χ1) is 21.6. The number of rotatable bonds is 5. The molecular formula is C25H28F9N5O8. The number of alkyl halides is 9. The number of carboxylic acid groups (broad SMARTS) is 3. The Bertz CT molecular complexity index is 1240. The molecule has 2 aliphatic heterocycles. The molecule has 2 atom stereocenters. The van der Waals surface area contributed by atoms with Crippen molar-refractivity contribution in [3.8, 4) is 5.88 Å². The van der Waals surface area contributed by atoms with Gasteiger partial charge in [0.15, 0.2) is 0 Å². The molecule has 0 amide bonds. The Morgan fingerprint density at radius 1 is 0.915 bits per heavy atom. The van der Waals surface area contributed by atoms with E-state index in [-0.39, 0.29) is 5.60 Å². The van der Waals surface area contributed by atoms with Crippen LogP contribution in [0.25, 0.3) is 0 Å². The number of hydrogen-bond donors (Lipinski definition) is 4. The molecule has 4 heterocycles. The van der Waals surface area contributed by atoms with Gasteiger partial charge in [-0.25, -0.2) is 29.3 Å². The highest BCUT2D eigenvalue weighted by atomic mass is 19.4. The highest BCUT2D eigenvalue weighted by Crippen LogP contribution is 2.36. The molecule has 0 radical (unpaired) electrons. The van der Waals surface area contributed by atoms with Gasteiger partial charge in [-0.05, 0) is 31.4 Å². The van der Waals surface area contributed by atoms with E-state index in [4.69, 9.17) is 39.2 Å². The van der Waals surface area contributed by atoms with Gasteiger partial charge in [0.05, 0.1) is 12.7 Å². The molecule has 1 spiro atoms. The molecule has 4 rings (SSSR count). The number of pyridine rings is 1. The SMILES string of the molecule is COc1ncccc1CN1CC[C@@]2(C[C@@H](Nc3ncccn3)CCO2)C1.O=C(O)C(F)(F)F.O=C(O)C(F)(F)F.O=C(O)C(F)(F)F. The Morgan fingerprint density at radius 3 is 1.87 bits per heavy atom. The minimum Gasteiger partial charge on any atom is -0.481 e. The molecule has 264 valence electrons. The van der Waals surface area contributed by atoms with Crippen molar-refractivity contribution in [2.75, 3.05) is 32.1 Å². The standard InChI is InChI=1S/C19H25N5O2.3C2HF3O2/c1-25-17-15(4-2-7-20-17)13-24-10-6-19(14-24)12-16(5-11-26-19)23-18-21-8-3-9-22-18;3*3-2(4,5)1(6)7/h2-4,7-9,16H,5-6,10-14H2,1H3,(H,21,22,23);3*(H,6,7)/t16-,19+;;;/m0.../s1. The van der Waals surface area contributed by atoms with Gasteiger partial charge in [0.2, 0.25) is 11.8 Å². The van der Waals surface area contributed by atoms with Gasteiger partial charge in [0.25, 0.3) is 0 Å². The van der Waals surface area contributed by atoms with Crippen molar-refractivity contribution >= 4 is 23.9 Å². The summed E-state index contributed by atoms with van der Waals surface area (Å²) in [4.78, 5) is 42.0. The summed E-state index contributed by atoms with van der Waals surface area (Å²) < 4.78 is 107. The third-order valence-corrected chi connectivity index (χ3v) is 5.95. The average molecular weight is 698 g/mol. The fourth-order valence-corrected chi connectivity index (χ4v) is 4.02. The second-order valence-electron chi connectivity index (χ2n) is 9.48. The van der Waals surface area contributed by atoms with E-state index in [1.807, 2.05) is 12.1 Å². The summed E-state index contributed by atoms with van der Waals surface area (Å²) in [5.74, 6) is -6.87. The molecule has 0 aromatic carbocycles. The lowest BCUT2D eigenvalue weighted by Crippen LogP contribution is -2.46. The molecular weight excluding hydrogens is 669 g/mol. The first-order valence-electron chi connectivity index (χ1n) is 12.9. The molecule has 0 bridgehead atoms. The van der Waals surface area contributed by atoms with Gasteiger partial charge >= 0.3 is 36.4 Å². The molecule has 2 aromatic heterocycles. The lowest BCUT2D eigenvalue weighted by molar-refractivity contribution is -0.193. The molecule has 13 nitrogen and oxygen atoms in total. The Morgan fingerprint density at radius 2 is 1.40 bits per heavy atom. The first kappa shape index (κ1) is 40.6. The zero-order chi connectivity index (χ0) is 36.1. The van der Waals surface area contributed by atoms with E-state index in [1.54, 1.807) is 25.7 Å². The lowest BCUT2D eigenvalue weighted by Gasteiger charge is -2.38. The summed E-state index contributed by atoms with van der Waals surface area (Å²) in [6.45, 7) is 3.56. The minimum atomic E-state index is -5.08. The number of aromatic nitrogens is 3. The number of nitrogens with one attached hydrogen (secondary N) is 1. The number of halogens is 9. The van der Waals surface area contributed by atoms with E-state index >= 15 is 0 Å². The molecule has 0 saturated carbocycles. The zero-order valence-corrected chi connectivity index (χ0v) is 24.1.